The molecule has 0 bridgehead atoms. The molecule has 0 unspecified atom stereocenters. The highest BCUT2D eigenvalue weighted by atomic mass is 16.5. The van der Waals surface area contributed by atoms with Crippen molar-refractivity contribution in [1.82, 2.24) is 4.98 Å². The lowest BCUT2D eigenvalue weighted by molar-refractivity contribution is -0.116. The Labute approximate surface area is 170 Å². The Bertz CT molecular complexity index is 1050. The number of hydrogen-bond acceptors (Lipinski definition) is 5. The number of pyridine rings is 1. The van der Waals surface area contributed by atoms with Crippen LogP contribution in [0.4, 0.5) is 5.69 Å². The highest BCUT2D eigenvalue weighted by Crippen LogP contribution is 2.40. The normalized spacial score (nSPS) is 10.8. The summed E-state index contributed by atoms with van der Waals surface area (Å²) in [6.07, 6.45) is 2.39. The molecular weight excluding hydrogens is 368 g/mol. The van der Waals surface area contributed by atoms with Crippen LogP contribution in [0.15, 0.2) is 36.4 Å². The van der Waals surface area contributed by atoms with Crippen molar-refractivity contribution in [3.05, 3.63) is 42.0 Å². The number of phenols is 1. The summed E-state index contributed by atoms with van der Waals surface area (Å²) in [4.78, 5) is 16.7. The van der Waals surface area contributed by atoms with Crippen LogP contribution in [0.25, 0.3) is 22.2 Å². The first-order valence-corrected chi connectivity index (χ1v) is 9.63. The number of phenolic OH excluding ortho intramolecular Hbond substituents is 1. The molecule has 0 fully saturated rings. The zero-order valence-electron chi connectivity index (χ0n) is 17.2. The maximum absolute atomic E-state index is 12.0. The van der Waals surface area contributed by atoms with Gasteiger partial charge in [-0.25, -0.2) is 4.98 Å². The van der Waals surface area contributed by atoms with Crippen LogP contribution < -0.4 is 14.8 Å². The second-order valence-corrected chi connectivity index (χ2v) is 6.94. The number of carbonyl (C=O) groups is 1. The molecule has 29 heavy (non-hydrogen) atoms. The molecule has 6 heteroatoms. The van der Waals surface area contributed by atoms with Gasteiger partial charge in [0, 0.05) is 23.1 Å². The maximum atomic E-state index is 12.0. The molecule has 3 rings (SSSR count). The SMILES string of the molecule is CCCCC(=O)Nc1ccc2nc(-c3cc(O)c(OC)c(OC)c3)cc(C)c2c1. The van der Waals surface area contributed by atoms with Gasteiger partial charge >= 0.3 is 0 Å². The van der Waals surface area contributed by atoms with Gasteiger partial charge in [0.2, 0.25) is 11.7 Å². The summed E-state index contributed by atoms with van der Waals surface area (Å²) >= 11 is 0. The van der Waals surface area contributed by atoms with Gasteiger partial charge in [0.15, 0.2) is 11.5 Å². The minimum Gasteiger partial charge on any atom is -0.504 e. The summed E-state index contributed by atoms with van der Waals surface area (Å²) in [7, 11) is 3.00. The molecule has 6 nitrogen and oxygen atoms in total. The fraction of sp³-hybridized carbons (Fsp3) is 0.304. The highest BCUT2D eigenvalue weighted by molar-refractivity contribution is 5.95. The first-order chi connectivity index (χ1) is 14.0. The van der Waals surface area contributed by atoms with Crippen molar-refractivity contribution in [3.63, 3.8) is 0 Å². The Kier molecular flexibility index (Phi) is 6.22. The molecule has 0 aliphatic carbocycles. The molecule has 3 aromatic rings. The van der Waals surface area contributed by atoms with Crippen LogP contribution in [-0.4, -0.2) is 30.2 Å². The van der Waals surface area contributed by atoms with Gasteiger partial charge in [-0.05, 0) is 55.3 Å². The lowest BCUT2D eigenvalue weighted by Crippen LogP contribution is -2.10. The number of hydrogen-bond donors (Lipinski definition) is 2. The zero-order valence-corrected chi connectivity index (χ0v) is 17.2. The van der Waals surface area contributed by atoms with E-state index >= 15 is 0 Å². The van der Waals surface area contributed by atoms with Crippen LogP contribution in [0.5, 0.6) is 17.2 Å². The lowest BCUT2D eigenvalue weighted by atomic mass is 10.0. The van der Waals surface area contributed by atoms with Crippen molar-refractivity contribution in [3.8, 4) is 28.5 Å². The monoisotopic (exact) mass is 394 g/mol. The van der Waals surface area contributed by atoms with Gasteiger partial charge < -0.3 is 19.9 Å². The fourth-order valence-corrected chi connectivity index (χ4v) is 3.27. The van der Waals surface area contributed by atoms with E-state index in [4.69, 9.17) is 14.5 Å². The third-order valence-corrected chi connectivity index (χ3v) is 4.81. The number of nitrogens with zero attached hydrogens (tertiary/aromatic N) is 1. The highest BCUT2D eigenvalue weighted by Gasteiger charge is 2.14. The molecule has 1 aromatic heterocycles. The lowest BCUT2D eigenvalue weighted by Gasteiger charge is -2.13. The topological polar surface area (TPSA) is 80.7 Å². The Hall–Kier alpha value is -3.28. The number of unbranched alkanes of at least 4 members (excludes halogenated alkanes) is 1. The number of fused-ring (bicyclic) bond motifs is 1. The summed E-state index contributed by atoms with van der Waals surface area (Å²) in [6.45, 7) is 4.06. The number of aryl methyl sites for hydroxylation is 1. The molecular formula is C23H26N2O4. The van der Waals surface area contributed by atoms with Crippen molar-refractivity contribution in [2.45, 2.75) is 33.1 Å². The number of ether oxygens (including phenoxy) is 2. The first kappa shape index (κ1) is 20.5. The first-order valence-electron chi connectivity index (χ1n) is 9.63. The number of methoxy groups -OCH3 is 2. The van der Waals surface area contributed by atoms with Gasteiger partial charge in [-0.1, -0.05) is 13.3 Å². The van der Waals surface area contributed by atoms with E-state index in [0.29, 0.717) is 17.9 Å². The number of anilines is 1. The number of carbonyl (C=O) groups excluding carboxylic acids is 1. The van der Waals surface area contributed by atoms with E-state index in [2.05, 4.69) is 12.2 Å². The summed E-state index contributed by atoms with van der Waals surface area (Å²) in [5, 5.41) is 14.2. The molecule has 1 amide bonds. The van der Waals surface area contributed by atoms with Crippen molar-refractivity contribution in [1.29, 1.82) is 0 Å². The third kappa shape index (κ3) is 4.42. The fourth-order valence-electron chi connectivity index (χ4n) is 3.27. The molecule has 0 saturated carbocycles. The van der Waals surface area contributed by atoms with E-state index in [1.54, 1.807) is 12.1 Å². The van der Waals surface area contributed by atoms with E-state index < -0.39 is 0 Å². The smallest absolute Gasteiger partial charge is 0.224 e. The Balaban J connectivity index is 1.97. The van der Waals surface area contributed by atoms with Crippen LogP contribution in [0.3, 0.4) is 0 Å². The Morgan fingerprint density at radius 3 is 2.62 bits per heavy atom. The third-order valence-electron chi connectivity index (χ3n) is 4.81. The van der Waals surface area contributed by atoms with Crippen molar-refractivity contribution in [2.75, 3.05) is 19.5 Å². The summed E-state index contributed by atoms with van der Waals surface area (Å²) in [5.41, 5.74) is 4.03. The number of amides is 1. The standard InChI is InChI=1S/C23H26N2O4/c1-5-6-7-22(27)24-16-8-9-18-17(13-16)14(2)10-19(25-18)15-11-20(26)23(29-4)21(12-15)28-3/h8-13,26H,5-7H2,1-4H3,(H,24,27). The van der Waals surface area contributed by atoms with E-state index in [0.717, 1.165) is 40.6 Å². The van der Waals surface area contributed by atoms with Crippen molar-refractivity contribution < 1.29 is 19.4 Å². The van der Waals surface area contributed by atoms with Gasteiger partial charge in [-0.2, -0.15) is 0 Å². The maximum Gasteiger partial charge on any atom is 0.224 e. The van der Waals surface area contributed by atoms with Crippen LogP contribution in [0.2, 0.25) is 0 Å². The second-order valence-electron chi connectivity index (χ2n) is 6.94. The Morgan fingerprint density at radius 1 is 1.14 bits per heavy atom. The molecule has 152 valence electrons. The van der Waals surface area contributed by atoms with Crippen LogP contribution >= 0.6 is 0 Å². The van der Waals surface area contributed by atoms with Crippen molar-refractivity contribution in [2.24, 2.45) is 0 Å². The van der Waals surface area contributed by atoms with Gasteiger partial charge in [0.05, 0.1) is 25.4 Å². The van der Waals surface area contributed by atoms with E-state index in [1.165, 1.54) is 14.2 Å². The molecule has 0 aliphatic rings. The van der Waals surface area contributed by atoms with E-state index in [9.17, 15) is 9.90 Å². The number of aromatic hydroxyl groups is 1. The van der Waals surface area contributed by atoms with E-state index in [1.807, 2.05) is 31.2 Å². The molecule has 2 N–H and O–H groups in total. The van der Waals surface area contributed by atoms with Gasteiger partial charge in [-0.15, -0.1) is 0 Å². The largest absolute Gasteiger partial charge is 0.504 e. The summed E-state index contributed by atoms with van der Waals surface area (Å²) in [5.74, 6) is 0.741. The van der Waals surface area contributed by atoms with Crippen LogP contribution in [0, 0.1) is 6.92 Å². The molecule has 0 spiro atoms. The average molecular weight is 394 g/mol. The molecule has 0 radical (unpaired) electrons. The quantitative estimate of drug-likeness (QED) is 0.585. The summed E-state index contributed by atoms with van der Waals surface area (Å²) < 4.78 is 10.5. The van der Waals surface area contributed by atoms with Crippen LogP contribution in [-0.2, 0) is 4.79 Å². The van der Waals surface area contributed by atoms with Gasteiger partial charge in [0.25, 0.3) is 0 Å². The molecule has 0 atom stereocenters. The van der Waals surface area contributed by atoms with Gasteiger partial charge in [-0.3, -0.25) is 4.79 Å². The predicted octanol–water partition coefficient (Wildman–Crippen LogP) is 5.06. The number of rotatable bonds is 7. The van der Waals surface area contributed by atoms with Gasteiger partial charge in [0.1, 0.15) is 0 Å². The van der Waals surface area contributed by atoms with Crippen molar-refractivity contribution >= 4 is 22.5 Å². The molecule has 0 saturated heterocycles. The average Bonchev–Trinajstić information content (AvgIpc) is 2.71. The number of nitrogens with one attached hydrogen (secondary N) is 1. The van der Waals surface area contributed by atoms with Crippen LogP contribution in [0.1, 0.15) is 31.7 Å². The predicted molar refractivity (Wildman–Crippen MR) is 115 cm³/mol. The molecule has 0 aliphatic heterocycles. The zero-order chi connectivity index (χ0) is 21.0. The minimum absolute atomic E-state index is 0.00783. The Morgan fingerprint density at radius 2 is 1.93 bits per heavy atom. The minimum atomic E-state index is -0.00783. The molecule has 1 heterocycles. The molecule has 2 aromatic carbocycles. The number of aromatic nitrogens is 1. The second kappa shape index (κ2) is 8.82. The number of benzene rings is 2. The summed E-state index contributed by atoms with van der Waals surface area (Å²) in [6, 6.07) is 11.0. The van der Waals surface area contributed by atoms with E-state index in [-0.39, 0.29) is 17.4 Å².